The molecule has 5 nitrogen and oxygen atoms in total. The summed E-state index contributed by atoms with van der Waals surface area (Å²) in [5, 5.41) is 2.95. The first kappa shape index (κ1) is 17.2. The van der Waals surface area contributed by atoms with Gasteiger partial charge in [-0.15, -0.1) is 0 Å². The van der Waals surface area contributed by atoms with Crippen LogP contribution in [0.3, 0.4) is 0 Å². The molecule has 0 saturated carbocycles. The summed E-state index contributed by atoms with van der Waals surface area (Å²) in [6, 6.07) is 6.66. The molecule has 132 valence electrons. The molecule has 0 aromatic heterocycles. The van der Waals surface area contributed by atoms with Gasteiger partial charge in [0.1, 0.15) is 5.82 Å². The maximum atomic E-state index is 13.0. The van der Waals surface area contributed by atoms with Crippen molar-refractivity contribution in [1.82, 2.24) is 15.1 Å². The molecule has 1 N–H and O–H groups in total. The van der Waals surface area contributed by atoms with Gasteiger partial charge in [0.15, 0.2) is 0 Å². The van der Waals surface area contributed by atoms with Crippen LogP contribution in [-0.4, -0.2) is 61.7 Å². The van der Waals surface area contributed by atoms with Crippen LogP contribution in [0.15, 0.2) is 24.3 Å². The molecule has 1 aromatic rings. The fraction of sp³-hybridized carbons (Fsp3) is 0.611. The summed E-state index contributed by atoms with van der Waals surface area (Å²) in [6.45, 7) is 4.32. The lowest BCUT2D eigenvalue weighted by molar-refractivity contribution is 0.102. The van der Waals surface area contributed by atoms with Crippen LogP contribution in [0.2, 0.25) is 0 Å². The quantitative estimate of drug-likeness (QED) is 0.899. The van der Waals surface area contributed by atoms with E-state index < -0.39 is 0 Å². The Bertz CT molecular complexity index is 546. The van der Waals surface area contributed by atoms with Gasteiger partial charge in [-0.1, -0.05) is 12.1 Å². The summed E-state index contributed by atoms with van der Waals surface area (Å²) < 4.78 is 18.4. The first-order valence-electron chi connectivity index (χ1n) is 8.72. The third kappa shape index (κ3) is 4.05. The summed E-state index contributed by atoms with van der Waals surface area (Å²) in [5.74, 6) is -0.275. The second-order valence-corrected chi connectivity index (χ2v) is 6.59. The van der Waals surface area contributed by atoms with Gasteiger partial charge in [0.25, 0.3) is 0 Å². The fourth-order valence-electron chi connectivity index (χ4n) is 3.64. The van der Waals surface area contributed by atoms with Crippen molar-refractivity contribution >= 4 is 6.03 Å². The number of benzene rings is 1. The molecule has 2 saturated heterocycles. The number of methoxy groups -OCH3 is 1. The number of urea groups is 1. The van der Waals surface area contributed by atoms with E-state index in [1.54, 1.807) is 19.2 Å². The molecule has 6 heteroatoms. The number of ether oxygens (including phenoxy) is 1. The largest absolute Gasteiger partial charge is 0.375 e. The van der Waals surface area contributed by atoms with Gasteiger partial charge in [-0.3, -0.25) is 4.90 Å². The zero-order valence-electron chi connectivity index (χ0n) is 14.2. The maximum absolute atomic E-state index is 13.0. The van der Waals surface area contributed by atoms with Gasteiger partial charge in [-0.05, 0) is 50.0 Å². The van der Waals surface area contributed by atoms with E-state index in [1.807, 2.05) is 4.90 Å². The molecule has 1 aromatic carbocycles. The molecule has 2 heterocycles. The Hall–Kier alpha value is -1.66. The number of nitrogens with zero attached hydrogens (tertiary/aromatic N) is 2. The number of rotatable bonds is 5. The molecule has 2 amide bonds. The Balaban J connectivity index is 1.48. The standard InChI is InChI=1S/C18H26FN3O2/c1-24-17(14-4-6-15(19)7-5-14)12-20-18(23)22-11-8-16(13-22)21-9-2-3-10-21/h4-7,16-17H,2-3,8-13H2,1H3,(H,20,23)/t16-,17+/m0/s1. The van der Waals surface area contributed by atoms with E-state index in [1.165, 1.54) is 25.0 Å². The van der Waals surface area contributed by atoms with Crippen molar-refractivity contribution < 1.29 is 13.9 Å². The van der Waals surface area contributed by atoms with Gasteiger partial charge >= 0.3 is 6.03 Å². The lowest BCUT2D eigenvalue weighted by Gasteiger charge is -2.24. The minimum Gasteiger partial charge on any atom is -0.375 e. The zero-order chi connectivity index (χ0) is 16.9. The van der Waals surface area contributed by atoms with E-state index in [-0.39, 0.29) is 18.0 Å². The van der Waals surface area contributed by atoms with Crippen LogP contribution in [-0.2, 0) is 4.74 Å². The molecule has 2 aliphatic heterocycles. The molecule has 0 bridgehead atoms. The van der Waals surface area contributed by atoms with Crippen LogP contribution in [0.5, 0.6) is 0 Å². The number of hydrogen-bond acceptors (Lipinski definition) is 3. The maximum Gasteiger partial charge on any atom is 0.317 e. The van der Waals surface area contributed by atoms with Crippen LogP contribution >= 0.6 is 0 Å². The lowest BCUT2D eigenvalue weighted by Crippen LogP contribution is -2.42. The Morgan fingerprint density at radius 1 is 1.29 bits per heavy atom. The lowest BCUT2D eigenvalue weighted by atomic mass is 10.1. The van der Waals surface area contributed by atoms with Crippen molar-refractivity contribution in [1.29, 1.82) is 0 Å². The number of carbonyl (C=O) groups excluding carboxylic acids is 1. The van der Waals surface area contributed by atoms with E-state index >= 15 is 0 Å². The SMILES string of the molecule is CO[C@H](CNC(=O)N1CC[C@H](N2CCCC2)C1)c1ccc(F)cc1. The van der Waals surface area contributed by atoms with Crippen LogP contribution in [0.4, 0.5) is 9.18 Å². The van der Waals surface area contributed by atoms with Crippen LogP contribution in [0.1, 0.15) is 30.9 Å². The number of amides is 2. The molecule has 24 heavy (non-hydrogen) atoms. The summed E-state index contributed by atoms with van der Waals surface area (Å²) in [4.78, 5) is 16.8. The van der Waals surface area contributed by atoms with Gasteiger partial charge in [-0.25, -0.2) is 9.18 Å². The van der Waals surface area contributed by atoms with E-state index in [0.29, 0.717) is 12.6 Å². The number of carbonyl (C=O) groups is 1. The molecule has 2 aliphatic rings. The Labute approximate surface area is 142 Å². The van der Waals surface area contributed by atoms with E-state index in [0.717, 1.165) is 38.2 Å². The smallest absolute Gasteiger partial charge is 0.317 e. The minimum absolute atomic E-state index is 0.0409. The topological polar surface area (TPSA) is 44.8 Å². The number of halogens is 1. The second kappa shape index (κ2) is 7.94. The molecule has 2 atom stereocenters. The molecule has 0 aliphatic carbocycles. The predicted molar refractivity (Wildman–Crippen MR) is 90.3 cm³/mol. The van der Waals surface area contributed by atoms with Gasteiger partial charge in [0.05, 0.1) is 6.10 Å². The van der Waals surface area contributed by atoms with Gasteiger partial charge in [0.2, 0.25) is 0 Å². The summed E-state index contributed by atoms with van der Waals surface area (Å²) in [5.41, 5.74) is 0.857. The van der Waals surface area contributed by atoms with Crippen molar-refractivity contribution in [2.24, 2.45) is 0 Å². The average Bonchev–Trinajstić information content (AvgIpc) is 3.28. The minimum atomic E-state index is -0.275. The monoisotopic (exact) mass is 335 g/mol. The number of likely N-dealkylation sites (tertiary alicyclic amines) is 2. The van der Waals surface area contributed by atoms with Gasteiger partial charge < -0.3 is 15.0 Å². The fourth-order valence-corrected chi connectivity index (χ4v) is 3.64. The number of nitrogens with one attached hydrogen (secondary N) is 1. The third-order valence-corrected chi connectivity index (χ3v) is 5.07. The number of hydrogen-bond donors (Lipinski definition) is 1. The van der Waals surface area contributed by atoms with Gasteiger partial charge in [-0.2, -0.15) is 0 Å². The van der Waals surface area contributed by atoms with Crippen molar-refractivity contribution in [2.45, 2.75) is 31.4 Å². The highest BCUT2D eigenvalue weighted by Gasteiger charge is 2.31. The molecule has 0 radical (unpaired) electrons. The van der Waals surface area contributed by atoms with Crippen LogP contribution in [0.25, 0.3) is 0 Å². The molecule has 0 spiro atoms. The Kier molecular flexibility index (Phi) is 5.68. The third-order valence-electron chi connectivity index (χ3n) is 5.07. The van der Waals surface area contributed by atoms with Crippen molar-refractivity contribution in [3.8, 4) is 0 Å². The molecule has 3 rings (SSSR count). The predicted octanol–water partition coefficient (Wildman–Crippen LogP) is 2.39. The zero-order valence-corrected chi connectivity index (χ0v) is 14.2. The van der Waals surface area contributed by atoms with E-state index in [2.05, 4.69) is 10.2 Å². The second-order valence-electron chi connectivity index (χ2n) is 6.59. The normalized spacial score (nSPS) is 22.8. The summed E-state index contributed by atoms with van der Waals surface area (Å²) >= 11 is 0. The molecular weight excluding hydrogens is 309 g/mol. The van der Waals surface area contributed by atoms with Gasteiger partial charge in [0, 0.05) is 32.8 Å². The average molecular weight is 335 g/mol. The molecule has 0 unspecified atom stereocenters. The highest BCUT2D eigenvalue weighted by atomic mass is 19.1. The Morgan fingerprint density at radius 2 is 2.00 bits per heavy atom. The van der Waals surface area contributed by atoms with Crippen LogP contribution < -0.4 is 5.32 Å². The van der Waals surface area contributed by atoms with E-state index in [9.17, 15) is 9.18 Å². The first-order chi connectivity index (χ1) is 11.7. The van der Waals surface area contributed by atoms with E-state index in [4.69, 9.17) is 4.74 Å². The highest BCUT2D eigenvalue weighted by molar-refractivity contribution is 5.74. The van der Waals surface area contributed by atoms with Crippen molar-refractivity contribution in [3.05, 3.63) is 35.6 Å². The highest BCUT2D eigenvalue weighted by Crippen LogP contribution is 2.21. The molecule has 2 fully saturated rings. The summed E-state index contributed by atoms with van der Waals surface area (Å²) in [7, 11) is 1.60. The first-order valence-corrected chi connectivity index (χ1v) is 8.72. The molecular formula is C18H26FN3O2. The van der Waals surface area contributed by atoms with Crippen LogP contribution in [0, 0.1) is 5.82 Å². The Morgan fingerprint density at radius 3 is 2.67 bits per heavy atom. The van der Waals surface area contributed by atoms with Crippen molar-refractivity contribution in [2.75, 3.05) is 39.8 Å². The van der Waals surface area contributed by atoms with Crippen molar-refractivity contribution in [3.63, 3.8) is 0 Å². The summed E-state index contributed by atoms with van der Waals surface area (Å²) in [6.07, 6.45) is 3.33.